The predicted molar refractivity (Wildman–Crippen MR) is 69.7 cm³/mol. The number of carboxylic acids is 1. The number of aliphatic carboxylic acids is 1. The van der Waals surface area contributed by atoms with Crippen LogP contribution in [-0.2, 0) is 9.59 Å². The van der Waals surface area contributed by atoms with Crippen LogP contribution in [0, 0.1) is 23.7 Å². The van der Waals surface area contributed by atoms with E-state index in [0.717, 1.165) is 0 Å². The Morgan fingerprint density at radius 3 is 2.48 bits per heavy atom. The first-order chi connectivity index (χ1) is 10.1. The van der Waals surface area contributed by atoms with E-state index in [9.17, 15) is 19.5 Å². The molecule has 0 radical (unpaired) electrons. The molecule has 1 fully saturated rings. The molecule has 1 aromatic rings. The van der Waals surface area contributed by atoms with Crippen LogP contribution in [0.5, 0.6) is 0 Å². The highest BCUT2D eigenvalue weighted by atomic mass is 16.4. The number of carboxylic acid groups (broad SMARTS) is 1. The number of fused-ring (bicyclic) bond motifs is 2. The van der Waals surface area contributed by atoms with Gasteiger partial charge in [0.25, 0.3) is 0 Å². The SMILES string of the molecule is O=C(NNC(=O)[C@@H]1[C@H](C(=O)O)[C@H]2C=C[C@H]1C2)c1ccco1. The summed E-state index contributed by atoms with van der Waals surface area (Å²) in [7, 11) is 0. The highest BCUT2D eigenvalue weighted by Gasteiger charge is 2.51. The van der Waals surface area contributed by atoms with Crippen LogP contribution in [-0.4, -0.2) is 22.9 Å². The molecule has 2 bridgehead atoms. The Kier molecular flexibility index (Phi) is 3.25. The van der Waals surface area contributed by atoms with E-state index in [-0.39, 0.29) is 17.6 Å². The van der Waals surface area contributed by atoms with Crippen molar-refractivity contribution >= 4 is 17.8 Å². The number of hydrogen-bond donors (Lipinski definition) is 3. The fraction of sp³-hybridized carbons (Fsp3) is 0.357. The summed E-state index contributed by atoms with van der Waals surface area (Å²) >= 11 is 0. The average Bonchev–Trinajstić information content (AvgIpc) is 3.17. The minimum Gasteiger partial charge on any atom is -0.481 e. The lowest BCUT2D eigenvalue weighted by Gasteiger charge is -2.23. The molecule has 2 amide bonds. The Hall–Kier alpha value is -2.57. The molecule has 1 aromatic heterocycles. The Labute approximate surface area is 120 Å². The normalized spacial score (nSPS) is 29.3. The van der Waals surface area contributed by atoms with Gasteiger partial charge in [-0.3, -0.25) is 25.2 Å². The molecule has 110 valence electrons. The van der Waals surface area contributed by atoms with E-state index >= 15 is 0 Å². The van der Waals surface area contributed by atoms with Crippen LogP contribution in [0.1, 0.15) is 17.0 Å². The molecule has 2 aliphatic carbocycles. The molecule has 1 saturated carbocycles. The van der Waals surface area contributed by atoms with Gasteiger partial charge in [-0.05, 0) is 30.4 Å². The Balaban J connectivity index is 1.64. The minimum atomic E-state index is -0.982. The second kappa shape index (κ2) is 5.08. The third-order valence-corrected chi connectivity index (χ3v) is 4.09. The fourth-order valence-electron chi connectivity index (χ4n) is 3.19. The number of rotatable bonds is 3. The van der Waals surface area contributed by atoms with Gasteiger partial charge in [-0.25, -0.2) is 0 Å². The van der Waals surface area contributed by atoms with Crippen molar-refractivity contribution < 1.29 is 23.9 Å². The number of furan rings is 1. The third-order valence-electron chi connectivity index (χ3n) is 4.09. The highest BCUT2D eigenvalue weighted by Crippen LogP contribution is 2.48. The standard InChI is InChI=1S/C14H14N2O5/c17-12(9-2-1-5-21-9)15-16-13(18)10-7-3-4-8(6-7)11(10)14(19)20/h1-5,7-8,10-11H,6H2,(H,15,17)(H,16,18)(H,19,20)/t7-,8-,10-,11+/m0/s1. The molecule has 0 aromatic carbocycles. The van der Waals surface area contributed by atoms with E-state index in [2.05, 4.69) is 10.9 Å². The molecule has 0 aliphatic heterocycles. The largest absolute Gasteiger partial charge is 0.481 e. The summed E-state index contributed by atoms with van der Waals surface area (Å²) in [5, 5.41) is 9.27. The van der Waals surface area contributed by atoms with Gasteiger partial charge in [0, 0.05) is 0 Å². The number of carbonyl (C=O) groups is 3. The van der Waals surface area contributed by atoms with E-state index in [0.29, 0.717) is 6.42 Å². The number of amides is 2. The van der Waals surface area contributed by atoms with Gasteiger partial charge in [-0.2, -0.15) is 0 Å². The molecule has 7 heteroatoms. The number of allylic oxidation sites excluding steroid dienone is 2. The van der Waals surface area contributed by atoms with Gasteiger partial charge in [-0.1, -0.05) is 12.2 Å². The van der Waals surface area contributed by atoms with Crippen LogP contribution in [0.4, 0.5) is 0 Å². The number of carbonyl (C=O) groups excluding carboxylic acids is 2. The van der Waals surface area contributed by atoms with Crippen LogP contribution in [0.3, 0.4) is 0 Å². The first-order valence-electron chi connectivity index (χ1n) is 6.62. The lowest BCUT2D eigenvalue weighted by molar-refractivity contribution is -0.148. The van der Waals surface area contributed by atoms with Crippen LogP contribution < -0.4 is 10.9 Å². The lowest BCUT2D eigenvalue weighted by Crippen LogP contribution is -2.48. The number of hydrazine groups is 1. The summed E-state index contributed by atoms with van der Waals surface area (Å²) in [5.74, 6) is -3.57. The maximum absolute atomic E-state index is 12.2. The van der Waals surface area contributed by atoms with Crippen molar-refractivity contribution in [1.29, 1.82) is 0 Å². The van der Waals surface area contributed by atoms with Crippen LogP contribution in [0.25, 0.3) is 0 Å². The van der Waals surface area contributed by atoms with Crippen LogP contribution >= 0.6 is 0 Å². The van der Waals surface area contributed by atoms with Gasteiger partial charge in [0.2, 0.25) is 5.91 Å². The predicted octanol–water partition coefficient (Wildman–Crippen LogP) is 0.563. The minimum absolute atomic E-state index is 0.0675. The van der Waals surface area contributed by atoms with Crippen LogP contribution in [0.15, 0.2) is 35.0 Å². The van der Waals surface area contributed by atoms with Gasteiger partial charge in [0.15, 0.2) is 5.76 Å². The molecule has 7 nitrogen and oxygen atoms in total. The second-order valence-corrected chi connectivity index (χ2v) is 5.26. The van der Waals surface area contributed by atoms with E-state index < -0.39 is 29.6 Å². The lowest BCUT2D eigenvalue weighted by atomic mass is 9.82. The molecule has 21 heavy (non-hydrogen) atoms. The second-order valence-electron chi connectivity index (χ2n) is 5.26. The number of hydrogen-bond acceptors (Lipinski definition) is 4. The summed E-state index contributed by atoms with van der Waals surface area (Å²) in [6.45, 7) is 0. The topological polar surface area (TPSA) is 109 Å². The molecule has 2 aliphatic rings. The van der Waals surface area contributed by atoms with Crippen molar-refractivity contribution in [1.82, 2.24) is 10.9 Å². The van der Waals surface area contributed by atoms with Gasteiger partial charge in [-0.15, -0.1) is 0 Å². The van der Waals surface area contributed by atoms with E-state index in [4.69, 9.17) is 4.42 Å². The van der Waals surface area contributed by atoms with Crippen molar-refractivity contribution in [3.05, 3.63) is 36.3 Å². The van der Waals surface area contributed by atoms with Gasteiger partial charge in [0.1, 0.15) is 0 Å². The van der Waals surface area contributed by atoms with E-state index in [1.165, 1.54) is 12.3 Å². The summed E-state index contributed by atoms with van der Waals surface area (Å²) in [4.78, 5) is 35.1. The van der Waals surface area contributed by atoms with Crippen LogP contribution in [0.2, 0.25) is 0 Å². The molecule has 0 saturated heterocycles. The maximum Gasteiger partial charge on any atom is 0.307 e. The number of nitrogens with one attached hydrogen (secondary N) is 2. The average molecular weight is 290 g/mol. The Morgan fingerprint density at radius 1 is 1.14 bits per heavy atom. The maximum atomic E-state index is 12.2. The first-order valence-corrected chi connectivity index (χ1v) is 6.62. The van der Waals surface area contributed by atoms with E-state index in [1.807, 2.05) is 12.2 Å². The highest BCUT2D eigenvalue weighted by molar-refractivity contribution is 5.94. The van der Waals surface area contributed by atoms with Crippen molar-refractivity contribution in [2.75, 3.05) is 0 Å². The van der Waals surface area contributed by atoms with Gasteiger partial charge >= 0.3 is 11.9 Å². The summed E-state index contributed by atoms with van der Waals surface area (Å²) in [6, 6.07) is 3.01. The van der Waals surface area contributed by atoms with Crippen molar-refractivity contribution in [2.24, 2.45) is 23.7 Å². The van der Waals surface area contributed by atoms with Gasteiger partial charge in [0.05, 0.1) is 18.1 Å². The Bertz CT molecular complexity index is 607. The molecular formula is C14H14N2O5. The van der Waals surface area contributed by atoms with Crippen molar-refractivity contribution in [3.63, 3.8) is 0 Å². The summed E-state index contributed by atoms with van der Waals surface area (Å²) in [5.41, 5.74) is 4.52. The smallest absolute Gasteiger partial charge is 0.307 e. The zero-order chi connectivity index (χ0) is 15.0. The molecular weight excluding hydrogens is 276 g/mol. The molecule has 1 heterocycles. The molecule has 3 N–H and O–H groups in total. The zero-order valence-corrected chi connectivity index (χ0v) is 11.0. The summed E-state index contributed by atoms with van der Waals surface area (Å²) < 4.78 is 4.89. The summed E-state index contributed by atoms with van der Waals surface area (Å²) in [6.07, 6.45) is 5.75. The zero-order valence-electron chi connectivity index (χ0n) is 11.0. The monoisotopic (exact) mass is 290 g/mol. The Morgan fingerprint density at radius 2 is 1.86 bits per heavy atom. The molecule has 0 spiro atoms. The first kappa shape index (κ1) is 13.4. The van der Waals surface area contributed by atoms with E-state index in [1.54, 1.807) is 6.07 Å². The fourth-order valence-corrected chi connectivity index (χ4v) is 3.19. The molecule has 3 rings (SSSR count). The third kappa shape index (κ3) is 2.31. The molecule has 4 atom stereocenters. The van der Waals surface area contributed by atoms with Crippen molar-refractivity contribution in [3.8, 4) is 0 Å². The van der Waals surface area contributed by atoms with Gasteiger partial charge < -0.3 is 9.52 Å². The van der Waals surface area contributed by atoms with Crippen molar-refractivity contribution in [2.45, 2.75) is 6.42 Å². The quantitative estimate of drug-likeness (QED) is 0.557. The molecule has 0 unspecified atom stereocenters.